The average Bonchev–Trinajstić information content (AvgIpc) is 2.94. The summed E-state index contributed by atoms with van der Waals surface area (Å²) in [5, 5.41) is 9.00. The first kappa shape index (κ1) is 15.7. The Morgan fingerprint density at radius 3 is 2.95 bits per heavy atom. The van der Waals surface area contributed by atoms with Crippen molar-refractivity contribution in [3.63, 3.8) is 0 Å². The summed E-state index contributed by atoms with van der Waals surface area (Å²) in [6, 6.07) is 3.53. The number of amides is 1. The van der Waals surface area contributed by atoms with Gasteiger partial charge in [0.2, 0.25) is 0 Å². The molecule has 0 saturated carbocycles. The molecule has 1 aliphatic rings. The molecule has 0 spiro atoms. The van der Waals surface area contributed by atoms with Crippen molar-refractivity contribution in [3.8, 4) is 0 Å². The highest BCUT2D eigenvalue weighted by Crippen LogP contribution is 2.23. The van der Waals surface area contributed by atoms with Crippen molar-refractivity contribution in [2.24, 2.45) is 11.8 Å². The Kier molecular flexibility index (Phi) is 5.14. The van der Waals surface area contributed by atoms with Crippen LogP contribution in [-0.4, -0.2) is 40.6 Å². The number of hydrogen-bond acceptors (Lipinski definition) is 5. The van der Waals surface area contributed by atoms with E-state index in [0.29, 0.717) is 23.8 Å². The number of hydrogen-bond donors (Lipinski definition) is 3. The first-order chi connectivity index (χ1) is 10.0. The maximum absolute atomic E-state index is 12.6. The zero-order valence-corrected chi connectivity index (χ0v) is 12.7. The molecule has 0 bridgehead atoms. The van der Waals surface area contributed by atoms with Crippen molar-refractivity contribution in [2.75, 3.05) is 25.1 Å². The second-order valence-electron chi connectivity index (χ2n) is 5.88. The predicted molar refractivity (Wildman–Crippen MR) is 81.8 cm³/mol. The van der Waals surface area contributed by atoms with Crippen LogP contribution in [0.25, 0.3) is 0 Å². The van der Waals surface area contributed by atoms with E-state index < -0.39 is 0 Å². The maximum atomic E-state index is 12.6. The van der Waals surface area contributed by atoms with Crippen molar-refractivity contribution in [1.29, 1.82) is 0 Å². The second-order valence-corrected chi connectivity index (χ2v) is 5.88. The number of aliphatic hydroxyl groups excluding tert-OH is 1. The minimum absolute atomic E-state index is 0.0104. The van der Waals surface area contributed by atoms with Crippen LogP contribution in [0.5, 0.6) is 0 Å². The monoisotopic (exact) mass is 292 g/mol. The number of anilines is 1. The number of nitrogen functional groups attached to an aromatic ring is 1. The van der Waals surface area contributed by atoms with Gasteiger partial charge in [0.1, 0.15) is 5.82 Å². The van der Waals surface area contributed by atoms with Crippen molar-refractivity contribution >= 4 is 11.7 Å². The minimum Gasteiger partial charge on any atom is -0.396 e. The van der Waals surface area contributed by atoms with Crippen LogP contribution in [0.15, 0.2) is 12.1 Å². The number of rotatable bonds is 5. The molecular weight excluding hydrogens is 268 g/mol. The van der Waals surface area contributed by atoms with Crippen LogP contribution in [-0.2, 0) is 0 Å². The molecule has 1 atom stereocenters. The third kappa shape index (κ3) is 3.71. The number of nitrogens with one attached hydrogen (secondary N) is 1. The third-order valence-electron chi connectivity index (χ3n) is 3.94. The molecular formula is C15H24N4O2. The van der Waals surface area contributed by atoms with Gasteiger partial charge in [-0.3, -0.25) is 4.79 Å². The van der Waals surface area contributed by atoms with Gasteiger partial charge in [0.15, 0.2) is 0 Å². The lowest BCUT2D eigenvalue weighted by atomic mass is 10.1. The molecule has 116 valence electrons. The highest BCUT2D eigenvalue weighted by atomic mass is 16.3. The standard InChI is InChI=1S/C15H24N4O2/c1-10(2)13-7-12(8-14(17-13)18-16)15(21)19-5-3-11(9-19)4-6-20/h7-8,10-11,20H,3-6,9,16H2,1-2H3,(H,17,18). The number of carbonyl (C=O) groups is 1. The first-order valence-electron chi connectivity index (χ1n) is 7.44. The van der Waals surface area contributed by atoms with Gasteiger partial charge in [-0.25, -0.2) is 10.8 Å². The van der Waals surface area contributed by atoms with E-state index in [9.17, 15) is 4.79 Å². The molecule has 0 radical (unpaired) electrons. The molecule has 6 heteroatoms. The van der Waals surface area contributed by atoms with Crippen LogP contribution >= 0.6 is 0 Å². The summed E-state index contributed by atoms with van der Waals surface area (Å²) in [6.07, 6.45) is 1.71. The van der Waals surface area contributed by atoms with Gasteiger partial charge in [0.05, 0.1) is 0 Å². The van der Waals surface area contributed by atoms with Crippen molar-refractivity contribution in [2.45, 2.75) is 32.6 Å². The lowest BCUT2D eigenvalue weighted by Gasteiger charge is -2.18. The van der Waals surface area contributed by atoms with Crippen molar-refractivity contribution in [1.82, 2.24) is 9.88 Å². The van der Waals surface area contributed by atoms with Gasteiger partial charge in [-0.1, -0.05) is 13.8 Å². The molecule has 0 aliphatic carbocycles. The van der Waals surface area contributed by atoms with E-state index in [1.807, 2.05) is 24.8 Å². The Balaban J connectivity index is 2.17. The summed E-state index contributed by atoms with van der Waals surface area (Å²) < 4.78 is 0. The Morgan fingerprint density at radius 1 is 1.57 bits per heavy atom. The number of carbonyl (C=O) groups excluding carboxylic acids is 1. The minimum atomic E-state index is 0.0104. The van der Waals surface area contributed by atoms with Crippen LogP contribution in [0, 0.1) is 5.92 Å². The molecule has 1 aromatic heterocycles. The van der Waals surface area contributed by atoms with E-state index in [0.717, 1.165) is 25.1 Å². The van der Waals surface area contributed by atoms with Crippen LogP contribution < -0.4 is 11.3 Å². The SMILES string of the molecule is CC(C)c1cc(C(=O)N2CCC(CCO)C2)cc(NN)n1. The Labute approximate surface area is 125 Å². The largest absolute Gasteiger partial charge is 0.396 e. The molecule has 1 saturated heterocycles. The van der Waals surface area contributed by atoms with Crippen molar-refractivity contribution < 1.29 is 9.90 Å². The number of pyridine rings is 1. The summed E-state index contributed by atoms with van der Waals surface area (Å²) in [7, 11) is 0. The fourth-order valence-corrected chi connectivity index (χ4v) is 2.66. The summed E-state index contributed by atoms with van der Waals surface area (Å²) in [5.41, 5.74) is 3.99. The Bertz CT molecular complexity index is 504. The molecule has 6 nitrogen and oxygen atoms in total. The molecule has 1 aliphatic heterocycles. The van der Waals surface area contributed by atoms with E-state index in [4.69, 9.17) is 10.9 Å². The number of nitrogens with two attached hydrogens (primary N) is 1. The average molecular weight is 292 g/mol. The van der Waals surface area contributed by atoms with Gasteiger partial charge in [-0.05, 0) is 36.8 Å². The number of likely N-dealkylation sites (tertiary alicyclic amines) is 1. The van der Waals surface area contributed by atoms with E-state index in [2.05, 4.69) is 10.4 Å². The number of nitrogens with zero attached hydrogens (tertiary/aromatic N) is 2. The second kappa shape index (κ2) is 6.87. The molecule has 1 aromatic rings. The highest BCUT2D eigenvalue weighted by molar-refractivity contribution is 5.95. The van der Waals surface area contributed by atoms with E-state index in [1.54, 1.807) is 6.07 Å². The molecule has 0 aromatic carbocycles. The van der Waals surface area contributed by atoms with Gasteiger partial charge in [0.25, 0.3) is 5.91 Å². The molecule has 2 rings (SSSR count). The quantitative estimate of drug-likeness (QED) is 0.562. The summed E-state index contributed by atoms with van der Waals surface area (Å²) in [6.45, 7) is 5.70. The van der Waals surface area contributed by atoms with E-state index >= 15 is 0 Å². The van der Waals surface area contributed by atoms with Gasteiger partial charge >= 0.3 is 0 Å². The normalized spacial score (nSPS) is 18.3. The van der Waals surface area contributed by atoms with Gasteiger partial charge < -0.3 is 15.4 Å². The van der Waals surface area contributed by atoms with E-state index in [1.165, 1.54) is 0 Å². The maximum Gasteiger partial charge on any atom is 0.254 e. The number of aliphatic hydroxyl groups is 1. The summed E-state index contributed by atoms with van der Waals surface area (Å²) in [5.74, 6) is 6.59. The fraction of sp³-hybridized carbons (Fsp3) is 0.600. The van der Waals surface area contributed by atoms with Crippen LogP contribution in [0.2, 0.25) is 0 Å². The Hall–Kier alpha value is -1.66. The molecule has 1 amide bonds. The molecule has 2 heterocycles. The molecule has 1 fully saturated rings. The fourth-order valence-electron chi connectivity index (χ4n) is 2.66. The Morgan fingerprint density at radius 2 is 2.33 bits per heavy atom. The number of hydrazine groups is 1. The zero-order chi connectivity index (χ0) is 15.4. The van der Waals surface area contributed by atoms with Crippen molar-refractivity contribution in [3.05, 3.63) is 23.4 Å². The molecule has 1 unspecified atom stereocenters. The van der Waals surface area contributed by atoms with E-state index in [-0.39, 0.29) is 18.4 Å². The summed E-state index contributed by atoms with van der Waals surface area (Å²) in [4.78, 5) is 18.8. The van der Waals surface area contributed by atoms with Gasteiger partial charge in [-0.15, -0.1) is 0 Å². The molecule has 4 N–H and O–H groups in total. The highest BCUT2D eigenvalue weighted by Gasteiger charge is 2.27. The van der Waals surface area contributed by atoms with Crippen LogP contribution in [0.1, 0.15) is 48.7 Å². The van der Waals surface area contributed by atoms with Crippen LogP contribution in [0.3, 0.4) is 0 Å². The van der Waals surface area contributed by atoms with Crippen LogP contribution in [0.4, 0.5) is 5.82 Å². The summed E-state index contributed by atoms with van der Waals surface area (Å²) >= 11 is 0. The topological polar surface area (TPSA) is 91.5 Å². The lowest BCUT2D eigenvalue weighted by Crippen LogP contribution is -2.29. The smallest absolute Gasteiger partial charge is 0.254 e. The lowest BCUT2D eigenvalue weighted by molar-refractivity contribution is 0.0784. The zero-order valence-electron chi connectivity index (χ0n) is 12.7. The van der Waals surface area contributed by atoms with Gasteiger partial charge in [-0.2, -0.15) is 0 Å². The number of aromatic nitrogens is 1. The molecule has 21 heavy (non-hydrogen) atoms. The van der Waals surface area contributed by atoms with Gasteiger partial charge in [0, 0.05) is 31.0 Å². The predicted octanol–water partition coefficient (Wildman–Crippen LogP) is 1.34. The first-order valence-corrected chi connectivity index (χ1v) is 7.44. The third-order valence-corrected chi connectivity index (χ3v) is 3.94.